The lowest BCUT2D eigenvalue weighted by Gasteiger charge is -2.05. The second-order valence-electron chi connectivity index (χ2n) is 2.11. The molecule has 5 nitrogen and oxygen atoms in total. The summed E-state index contributed by atoms with van der Waals surface area (Å²) in [7, 11) is 0. The van der Waals surface area contributed by atoms with Crippen LogP contribution < -0.4 is 0 Å². The van der Waals surface area contributed by atoms with Crippen LogP contribution in [0.25, 0.3) is 0 Å². The minimum atomic E-state index is -1.06. The second kappa shape index (κ2) is 5.17. The molecule has 0 aliphatic carbocycles. The fourth-order valence-corrected chi connectivity index (χ4v) is 0.321. The van der Waals surface area contributed by atoms with Crippen LogP contribution in [0.4, 0.5) is 4.79 Å². The lowest BCUT2D eigenvalue weighted by Crippen LogP contribution is -2.15. The predicted octanol–water partition coefficient (Wildman–Crippen LogP) is 1.19. The molecule has 0 aromatic carbocycles. The van der Waals surface area contributed by atoms with Gasteiger partial charge in [0.2, 0.25) is 0 Å². The largest absolute Gasteiger partial charge is 0.550 e. The molecule has 0 aromatic rings. The van der Waals surface area contributed by atoms with Crippen LogP contribution in [0.3, 0.4) is 0 Å². The van der Waals surface area contributed by atoms with Gasteiger partial charge in [0.15, 0.2) is 0 Å². The zero-order chi connectivity index (χ0) is 9.56. The highest BCUT2D eigenvalue weighted by Crippen LogP contribution is 1.93. The zero-order valence-electron chi connectivity index (χ0n) is 6.90. The van der Waals surface area contributed by atoms with Crippen molar-refractivity contribution in [1.82, 2.24) is 0 Å². The number of carbonyl (C=O) groups is 2. The first-order valence-corrected chi connectivity index (χ1v) is 3.27. The molecular formula is C7H10O5. The average molecular weight is 174 g/mol. The van der Waals surface area contributed by atoms with Gasteiger partial charge in [0.25, 0.3) is 0 Å². The number of ether oxygens (including phenoxy) is 1. The van der Waals surface area contributed by atoms with Crippen molar-refractivity contribution < 1.29 is 24.1 Å². The molecule has 0 amide bonds. The molecule has 0 radical (unpaired) electrons. The Morgan fingerprint density at radius 3 is 2.33 bits per heavy atom. The van der Waals surface area contributed by atoms with Gasteiger partial charge in [-0.1, -0.05) is 6.58 Å². The molecule has 0 atom stereocenters. The molecule has 0 rings (SSSR count). The fraction of sp³-hybridized carbons (Fsp3) is 0.429. The first kappa shape index (κ1) is 10.5. The third-order valence-corrected chi connectivity index (χ3v) is 0.690. The molecule has 0 N–H and O–H groups in total. The molecule has 12 heavy (non-hydrogen) atoms. The summed E-state index contributed by atoms with van der Waals surface area (Å²) in [6, 6.07) is 0. The van der Waals surface area contributed by atoms with E-state index in [9.17, 15) is 9.59 Å². The van der Waals surface area contributed by atoms with Gasteiger partial charge < -0.3 is 4.74 Å². The van der Waals surface area contributed by atoms with Crippen molar-refractivity contribution in [3.63, 3.8) is 0 Å². The van der Waals surface area contributed by atoms with Crippen LogP contribution >= 0.6 is 0 Å². The number of carbonyl (C=O) groups excluding carboxylic acids is 2. The highest BCUT2D eigenvalue weighted by molar-refractivity contribution is 5.81. The monoisotopic (exact) mass is 174 g/mol. The Kier molecular flexibility index (Phi) is 4.52. The predicted molar refractivity (Wildman–Crippen MR) is 39.0 cm³/mol. The lowest BCUT2D eigenvalue weighted by atomic mass is 10.5. The summed E-state index contributed by atoms with van der Waals surface area (Å²) < 4.78 is 4.47. The molecule has 0 aromatic heterocycles. The van der Waals surface area contributed by atoms with E-state index in [0.29, 0.717) is 0 Å². The summed E-state index contributed by atoms with van der Waals surface area (Å²) in [5, 5.41) is 0. The van der Waals surface area contributed by atoms with E-state index in [1.807, 2.05) is 0 Å². The van der Waals surface area contributed by atoms with Gasteiger partial charge in [-0.25, -0.2) is 14.6 Å². The molecule has 0 saturated heterocycles. The average Bonchev–Trinajstić information content (AvgIpc) is 1.99. The molecule has 0 aliphatic heterocycles. The quantitative estimate of drug-likeness (QED) is 0.272. The maximum Gasteiger partial charge on any atom is 0.550 e. The van der Waals surface area contributed by atoms with Crippen molar-refractivity contribution in [3.05, 3.63) is 12.7 Å². The standard InChI is InChI=1S/C7H10O5/c1-4-6(8)11-12-7(9)10-5(2)3/h4-5H,1H2,2-3H3. The maximum atomic E-state index is 10.5. The lowest BCUT2D eigenvalue weighted by molar-refractivity contribution is -0.239. The highest BCUT2D eigenvalue weighted by atomic mass is 17.2. The number of rotatable bonds is 2. The molecule has 0 unspecified atom stereocenters. The Hall–Kier alpha value is -1.52. The van der Waals surface area contributed by atoms with Crippen LogP contribution in [0.2, 0.25) is 0 Å². The van der Waals surface area contributed by atoms with Gasteiger partial charge in [0, 0.05) is 6.08 Å². The Morgan fingerprint density at radius 2 is 1.92 bits per heavy atom. The van der Waals surface area contributed by atoms with Crippen molar-refractivity contribution in [2.45, 2.75) is 20.0 Å². The molecule has 0 saturated carbocycles. The van der Waals surface area contributed by atoms with Crippen molar-refractivity contribution in [3.8, 4) is 0 Å². The van der Waals surface area contributed by atoms with Crippen molar-refractivity contribution in [2.75, 3.05) is 0 Å². The van der Waals surface area contributed by atoms with E-state index in [-0.39, 0.29) is 6.10 Å². The van der Waals surface area contributed by atoms with Crippen LogP contribution in [0, 0.1) is 0 Å². The SMILES string of the molecule is C=CC(=O)OOC(=O)OC(C)C. The van der Waals surface area contributed by atoms with Gasteiger partial charge >= 0.3 is 12.1 Å². The maximum absolute atomic E-state index is 10.5. The molecule has 0 heterocycles. The summed E-state index contributed by atoms with van der Waals surface area (Å²) in [4.78, 5) is 28.7. The van der Waals surface area contributed by atoms with E-state index in [4.69, 9.17) is 0 Å². The molecule has 0 fully saturated rings. The van der Waals surface area contributed by atoms with Gasteiger partial charge in [-0.15, -0.1) is 0 Å². The van der Waals surface area contributed by atoms with Gasteiger partial charge in [-0.3, -0.25) is 0 Å². The highest BCUT2D eigenvalue weighted by Gasteiger charge is 2.09. The summed E-state index contributed by atoms with van der Waals surface area (Å²) in [5.41, 5.74) is 0. The molecular weight excluding hydrogens is 164 g/mol. The van der Waals surface area contributed by atoms with Crippen LogP contribution in [-0.2, 0) is 19.3 Å². The minimum Gasteiger partial charge on any atom is -0.429 e. The Balaban J connectivity index is 3.57. The summed E-state index contributed by atoms with van der Waals surface area (Å²) in [6.45, 7) is 6.36. The first-order chi connectivity index (χ1) is 5.56. The van der Waals surface area contributed by atoms with Crippen LogP contribution in [0.1, 0.15) is 13.8 Å². The topological polar surface area (TPSA) is 61.8 Å². The molecule has 0 aliphatic rings. The van der Waals surface area contributed by atoms with E-state index >= 15 is 0 Å². The van der Waals surface area contributed by atoms with Gasteiger partial charge in [0.1, 0.15) is 0 Å². The van der Waals surface area contributed by atoms with Gasteiger partial charge in [-0.05, 0) is 13.8 Å². The molecule has 68 valence electrons. The van der Waals surface area contributed by atoms with Gasteiger partial charge in [-0.2, -0.15) is 4.79 Å². The Morgan fingerprint density at radius 1 is 1.33 bits per heavy atom. The van der Waals surface area contributed by atoms with E-state index in [0.717, 1.165) is 6.08 Å². The number of hydrogen-bond acceptors (Lipinski definition) is 5. The van der Waals surface area contributed by atoms with Crippen molar-refractivity contribution in [2.24, 2.45) is 0 Å². The van der Waals surface area contributed by atoms with Crippen LogP contribution in [0.5, 0.6) is 0 Å². The van der Waals surface area contributed by atoms with Crippen molar-refractivity contribution in [1.29, 1.82) is 0 Å². The van der Waals surface area contributed by atoms with Gasteiger partial charge in [0.05, 0.1) is 6.10 Å². The van der Waals surface area contributed by atoms with Crippen molar-refractivity contribution >= 4 is 12.1 Å². The summed E-state index contributed by atoms with van der Waals surface area (Å²) in [5.74, 6) is -0.851. The second-order valence-corrected chi connectivity index (χ2v) is 2.11. The molecule has 0 spiro atoms. The Labute approximate surface area is 69.8 Å². The van der Waals surface area contributed by atoms with E-state index in [1.165, 1.54) is 0 Å². The van der Waals surface area contributed by atoms with E-state index in [2.05, 4.69) is 21.1 Å². The third-order valence-electron chi connectivity index (χ3n) is 0.690. The van der Waals surface area contributed by atoms with Crippen LogP contribution in [-0.4, -0.2) is 18.2 Å². The minimum absolute atomic E-state index is 0.320. The third kappa shape index (κ3) is 5.28. The van der Waals surface area contributed by atoms with Crippen LogP contribution in [0.15, 0.2) is 12.7 Å². The van der Waals surface area contributed by atoms with E-state index in [1.54, 1.807) is 13.8 Å². The molecule has 0 bridgehead atoms. The zero-order valence-corrected chi connectivity index (χ0v) is 6.90. The smallest absolute Gasteiger partial charge is 0.429 e. The summed E-state index contributed by atoms with van der Waals surface area (Å²) >= 11 is 0. The molecule has 5 heteroatoms. The van der Waals surface area contributed by atoms with E-state index < -0.39 is 12.1 Å². The normalized spacial score (nSPS) is 8.92. The number of hydrogen-bond donors (Lipinski definition) is 0. The Bertz CT molecular complexity index is 184. The summed E-state index contributed by atoms with van der Waals surface area (Å²) in [6.07, 6.45) is -0.511. The first-order valence-electron chi connectivity index (χ1n) is 3.27. The fourth-order valence-electron chi connectivity index (χ4n) is 0.321.